The molecule has 5 nitrogen and oxygen atoms in total. The number of methoxy groups -OCH3 is 1. The van der Waals surface area contributed by atoms with Crippen LogP contribution in [-0.2, 0) is 20.9 Å². The summed E-state index contributed by atoms with van der Waals surface area (Å²) in [6.07, 6.45) is 6.29. The second-order valence-corrected chi connectivity index (χ2v) is 8.71. The van der Waals surface area contributed by atoms with Crippen molar-refractivity contribution in [2.24, 2.45) is 17.3 Å². The van der Waals surface area contributed by atoms with Gasteiger partial charge in [0.25, 0.3) is 0 Å². The molecule has 0 saturated heterocycles. The van der Waals surface area contributed by atoms with Crippen molar-refractivity contribution in [3.63, 3.8) is 0 Å². The second-order valence-electron chi connectivity index (χ2n) is 8.71. The van der Waals surface area contributed by atoms with Crippen LogP contribution in [0.1, 0.15) is 60.9 Å². The third-order valence-electron chi connectivity index (χ3n) is 6.45. The number of carbonyl (C=O) groups is 2. The van der Waals surface area contributed by atoms with Crippen molar-refractivity contribution in [3.8, 4) is 0 Å². The van der Waals surface area contributed by atoms with Crippen molar-refractivity contribution in [3.05, 3.63) is 35.4 Å². The van der Waals surface area contributed by atoms with E-state index in [4.69, 9.17) is 4.74 Å². The Morgan fingerprint density at radius 1 is 1.12 bits per heavy atom. The van der Waals surface area contributed by atoms with Gasteiger partial charge in [-0.3, -0.25) is 4.79 Å². The quantitative estimate of drug-likeness (QED) is 0.818. The summed E-state index contributed by atoms with van der Waals surface area (Å²) in [6, 6.07) is 6.88. The van der Waals surface area contributed by atoms with Gasteiger partial charge in [0, 0.05) is 0 Å². The van der Waals surface area contributed by atoms with E-state index in [0.717, 1.165) is 37.7 Å². The van der Waals surface area contributed by atoms with Gasteiger partial charge >= 0.3 is 11.9 Å². The first kappa shape index (κ1) is 17.5. The summed E-state index contributed by atoms with van der Waals surface area (Å²) in [4.78, 5) is 23.9. The van der Waals surface area contributed by atoms with Gasteiger partial charge in [0.05, 0.1) is 24.7 Å². The van der Waals surface area contributed by atoms with Gasteiger partial charge in [0.1, 0.15) is 6.61 Å². The maximum atomic E-state index is 12.4. The Hall–Kier alpha value is -1.88. The lowest BCUT2D eigenvalue weighted by Crippen LogP contribution is -2.56. The number of rotatable bonds is 5. The number of aliphatic hydroxyl groups is 1. The van der Waals surface area contributed by atoms with Crippen LogP contribution >= 0.6 is 0 Å². The lowest BCUT2D eigenvalue weighted by atomic mass is 9.47. The highest BCUT2D eigenvalue weighted by molar-refractivity contribution is 5.89. The first-order valence-electron chi connectivity index (χ1n) is 9.44. The average Bonchev–Trinajstić information content (AvgIpc) is 2.57. The summed E-state index contributed by atoms with van der Waals surface area (Å²) in [6.45, 7) is 0.202. The molecule has 140 valence electrons. The van der Waals surface area contributed by atoms with Gasteiger partial charge in [-0.2, -0.15) is 0 Å². The fourth-order valence-electron chi connectivity index (χ4n) is 5.98. The number of ether oxygens (including phenoxy) is 2. The molecule has 1 aromatic carbocycles. The van der Waals surface area contributed by atoms with Crippen molar-refractivity contribution in [1.29, 1.82) is 0 Å². The van der Waals surface area contributed by atoms with E-state index in [0.29, 0.717) is 23.8 Å². The smallest absolute Gasteiger partial charge is 0.337 e. The van der Waals surface area contributed by atoms with Gasteiger partial charge < -0.3 is 14.6 Å². The molecule has 2 atom stereocenters. The first-order valence-corrected chi connectivity index (χ1v) is 9.44. The Kier molecular flexibility index (Phi) is 4.30. The highest BCUT2D eigenvalue weighted by atomic mass is 16.5. The molecule has 5 rings (SSSR count). The van der Waals surface area contributed by atoms with Crippen molar-refractivity contribution in [1.82, 2.24) is 0 Å². The molecule has 4 aliphatic rings. The highest BCUT2D eigenvalue weighted by Crippen LogP contribution is 2.62. The Labute approximate surface area is 153 Å². The van der Waals surface area contributed by atoms with Gasteiger partial charge in [-0.1, -0.05) is 12.1 Å². The molecule has 5 heteroatoms. The Balaban J connectivity index is 1.34. The van der Waals surface area contributed by atoms with E-state index in [9.17, 15) is 14.7 Å². The number of carbonyl (C=O) groups excluding carboxylic acids is 2. The summed E-state index contributed by atoms with van der Waals surface area (Å²) in [7, 11) is 1.35. The summed E-state index contributed by atoms with van der Waals surface area (Å²) in [5, 5.41) is 10.8. The fourth-order valence-corrected chi connectivity index (χ4v) is 5.98. The topological polar surface area (TPSA) is 72.8 Å². The van der Waals surface area contributed by atoms with Gasteiger partial charge in [-0.05, 0) is 73.5 Å². The lowest BCUT2D eigenvalue weighted by molar-refractivity contribution is -0.177. The number of benzene rings is 1. The SMILES string of the molecule is COC(=O)c1ccc(COC(=O)CC23CC4CC(CC(O)(C4)C2)C3)cc1. The van der Waals surface area contributed by atoms with E-state index in [1.165, 1.54) is 13.5 Å². The van der Waals surface area contributed by atoms with E-state index in [2.05, 4.69) is 4.74 Å². The van der Waals surface area contributed by atoms with Gasteiger partial charge in [-0.15, -0.1) is 0 Å². The van der Waals surface area contributed by atoms with E-state index in [1.54, 1.807) is 24.3 Å². The van der Waals surface area contributed by atoms with Crippen LogP contribution in [0.25, 0.3) is 0 Å². The highest BCUT2D eigenvalue weighted by Gasteiger charge is 2.57. The molecule has 4 bridgehead atoms. The van der Waals surface area contributed by atoms with Crippen molar-refractivity contribution < 1.29 is 24.2 Å². The molecule has 2 unspecified atom stereocenters. The molecule has 1 aromatic rings. The zero-order valence-electron chi connectivity index (χ0n) is 15.2. The molecule has 0 amide bonds. The summed E-state index contributed by atoms with van der Waals surface area (Å²) >= 11 is 0. The lowest BCUT2D eigenvalue weighted by Gasteiger charge is -2.60. The van der Waals surface area contributed by atoms with Crippen LogP contribution < -0.4 is 0 Å². The Morgan fingerprint density at radius 3 is 2.35 bits per heavy atom. The molecule has 26 heavy (non-hydrogen) atoms. The molecule has 4 fully saturated rings. The molecule has 0 aromatic heterocycles. The monoisotopic (exact) mass is 358 g/mol. The number of hydrogen-bond donors (Lipinski definition) is 1. The predicted molar refractivity (Wildman–Crippen MR) is 94.3 cm³/mol. The molecule has 1 N–H and O–H groups in total. The molecule has 4 saturated carbocycles. The second kappa shape index (κ2) is 6.38. The van der Waals surface area contributed by atoms with Crippen LogP contribution in [0.3, 0.4) is 0 Å². The molecular weight excluding hydrogens is 332 g/mol. The summed E-state index contributed by atoms with van der Waals surface area (Å²) < 4.78 is 10.2. The third-order valence-corrected chi connectivity index (χ3v) is 6.45. The van der Waals surface area contributed by atoms with Crippen LogP contribution in [0.4, 0.5) is 0 Å². The van der Waals surface area contributed by atoms with Crippen LogP contribution in [0, 0.1) is 17.3 Å². The van der Waals surface area contributed by atoms with E-state index < -0.39 is 5.60 Å². The molecule has 0 heterocycles. The van der Waals surface area contributed by atoms with Gasteiger partial charge in [0.15, 0.2) is 0 Å². The van der Waals surface area contributed by atoms with Crippen LogP contribution in [0.15, 0.2) is 24.3 Å². The van der Waals surface area contributed by atoms with Gasteiger partial charge in [-0.25, -0.2) is 4.79 Å². The largest absolute Gasteiger partial charge is 0.465 e. The Morgan fingerprint density at radius 2 is 1.77 bits per heavy atom. The zero-order chi connectivity index (χ0) is 18.4. The van der Waals surface area contributed by atoms with E-state index in [1.807, 2.05) is 0 Å². The first-order chi connectivity index (χ1) is 12.4. The standard InChI is InChI=1S/C21H26O5/c1-25-19(23)17-4-2-14(3-5-17)12-26-18(22)11-20-7-15-6-16(8-20)10-21(24,9-15)13-20/h2-5,15-16,24H,6-13H2,1H3. The Bertz CT molecular complexity index is 694. The van der Waals surface area contributed by atoms with Crippen LogP contribution in [0.5, 0.6) is 0 Å². The van der Waals surface area contributed by atoms with Crippen molar-refractivity contribution in [2.45, 2.75) is 57.2 Å². The maximum Gasteiger partial charge on any atom is 0.337 e. The van der Waals surface area contributed by atoms with Gasteiger partial charge in [0.2, 0.25) is 0 Å². The number of esters is 2. The van der Waals surface area contributed by atoms with E-state index in [-0.39, 0.29) is 24.0 Å². The molecular formula is C21H26O5. The van der Waals surface area contributed by atoms with Crippen LogP contribution in [0.2, 0.25) is 0 Å². The molecule has 0 radical (unpaired) electrons. The molecule has 4 aliphatic carbocycles. The average molecular weight is 358 g/mol. The normalized spacial score (nSPS) is 34.5. The van der Waals surface area contributed by atoms with Crippen molar-refractivity contribution >= 4 is 11.9 Å². The predicted octanol–water partition coefficient (Wildman–Crippen LogP) is 3.24. The zero-order valence-corrected chi connectivity index (χ0v) is 15.2. The minimum Gasteiger partial charge on any atom is -0.465 e. The summed E-state index contributed by atoms with van der Waals surface area (Å²) in [5.74, 6) is 0.570. The molecule has 0 spiro atoms. The van der Waals surface area contributed by atoms with Crippen molar-refractivity contribution in [2.75, 3.05) is 7.11 Å². The maximum absolute atomic E-state index is 12.4. The van der Waals surface area contributed by atoms with Crippen LogP contribution in [-0.4, -0.2) is 29.8 Å². The molecule has 0 aliphatic heterocycles. The van der Waals surface area contributed by atoms with E-state index >= 15 is 0 Å². The number of hydrogen-bond acceptors (Lipinski definition) is 5. The fraction of sp³-hybridized carbons (Fsp3) is 0.619. The minimum atomic E-state index is -0.548. The third kappa shape index (κ3) is 3.37. The summed E-state index contributed by atoms with van der Waals surface area (Å²) in [5.41, 5.74) is 0.707. The minimum absolute atomic E-state index is 0.0648.